The molecule has 138 valence electrons. The average Bonchev–Trinajstić information content (AvgIpc) is 3.14. The number of nitrogens with zero attached hydrogens (tertiary/aromatic N) is 1. The number of benzene rings is 2. The molecule has 3 rings (SSSR count). The van der Waals surface area contributed by atoms with E-state index in [2.05, 4.69) is 10.3 Å². The molecular formula is C19H15ClN2O4S. The van der Waals surface area contributed by atoms with E-state index in [9.17, 15) is 9.59 Å². The molecule has 8 heteroatoms. The van der Waals surface area contributed by atoms with Gasteiger partial charge in [0.05, 0.1) is 18.4 Å². The number of nitrogens with one attached hydrogen (secondary N) is 1. The highest BCUT2D eigenvalue weighted by Gasteiger charge is 2.12. The maximum atomic E-state index is 12.0. The lowest BCUT2D eigenvalue weighted by atomic mass is 10.2. The maximum Gasteiger partial charge on any atom is 0.338 e. The van der Waals surface area contributed by atoms with Crippen LogP contribution in [0.15, 0.2) is 53.9 Å². The van der Waals surface area contributed by atoms with Crippen molar-refractivity contribution in [1.29, 1.82) is 0 Å². The first kappa shape index (κ1) is 18.9. The van der Waals surface area contributed by atoms with Gasteiger partial charge in [-0.05, 0) is 42.5 Å². The lowest BCUT2D eigenvalue weighted by Crippen LogP contribution is -2.20. The molecule has 0 aliphatic rings. The third-order valence-corrected chi connectivity index (χ3v) is 4.52. The number of amides is 1. The summed E-state index contributed by atoms with van der Waals surface area (Å²) in [5.74, 6) is -0.337. The SMILES string of the molecule is COc1ccc(-c2csc(NC(=O)COC(=O)c3cccc(Cl)c3)n2)cc1. The van der Waals surface area contributed by atoms with E-state index in [0.717, 1.165) is 17.0 Å². The van der Waals surface area contributed by atoms with Crippen LogP contribution in [0.5, 0.6) is 5.75 Å². The normalized spacial score (nSPS) is 10.3. The maximum absolute atomic E-state index is 12.0. The average molecular weight is 403 g/mol. The lowest BCUT2D eigenvalue weighted by Gasteiger charge is -2.05. The number of rotatable bonds is 6. The summed E-state index contributed by atoms with van der Waals surface area (Å²) in [6, 6.07) is 13.8. The first-order valence-electron chi connectivity index (χ1n) is 7.87. The molecule has 3 aromatic rings. The highest BCUT2D eigenvalue weighted by molar-refractivity contribution is 7.14. The van der Waals surface area contributed by atoms with Crippen molar-refractivity contribution >= 4 is 39.9 Å². The van der Waals surface area contributed by atoms with E-state index >= 15 is 0 Å². The number of aromatic nitrogens is 1. The van der Waals surface area contributed by atoms with Gasteiger partial charge in [-0.2, -0.15) is 0 Å². The summed E-state index contributed by atoms with van der Waals surface area (Å²) >= 11 is 7.11. The molecule has 0 bridgehead atoms. The second-order valence-electron chi connectivity index (χ2n) is 5.40. The Morgan fingerprint density at radius 1 is 1.19 bits per heavy atom. The molecule has 2 aromatic carbocycles. The third kappa shape index (κ3) is 5.06. The summed E-state index contributed by atoms with van der Waals surface area (Å²) in [5, 5.41) is 5.28. The molecule has 6 nitrogen and oxygen atoms in total. The first-order valence-corrected chi connectivity index (χ1v) is 9.13. The van der Waals surface area contributed by atoms with E-state index in [-0.39, 0.29) is 5.56 Å². The minimum atomic E-state index is -0.620. The van der Waals surface area contributed by atoms with Gasteiger partial charge < -0.3 is 9.47 Å². The van der Waals surface area contributed by atoms with E-state index in [1.54, 1.807) is 25.3 Å². The number of ether oxygens (including phenoxy) is 2. The number of hydrogen-bond acceptors (Lipinski definition) is 6. The number of esters is 1. The minimum absolute atomic E-state index is 0.284. The monoisotopic (exact) mass is 402 g/mol. The van der Waals surface area contributed by atoms with Gasteiger partial charge in [0.15, 0.2) is 11.7 Å². The number of carbonyl (C=O) groups is 2. The van der Waals surface area contributed by atoms with Crippen molar-refractivity contribution < 1.29 is 19.1 Å². The molecule has 0 radical (unpaired) electrons. The largest absolute Gasteiger partial charge is 0.497 e. The van der Waals surface area contributed by atoms with Gasteiger partial charge in [0.1, 0.15) is 5.75 Å². The number of carbonyl (C=O) groups excluding carboxylic acids is 2. The van der Waals surface area contributed by atoms with Crippen molar-refractivity contribution in [3.8, 4) is 17.0 Å². The molecule has 1 heterocycles. The molecule has 1 amide bonds. The van der Waals surface area contributed by atoms with Crippen LogP contribution in [0.2, 0.25) is 5.02 Å². The molecule has 1 aromatic heterocycles. The zero-order chi connectivity index (χ0) is 19.2. The molecule has 1 N–H and O–H groups in total. The van der Waals surface area contributed by atoms with Crippen LogP contribution in [0.4, 0.5) is 5.13 Å². The number of methoxy groups -OCH3 is 1. The Morgan fingerprint density at radius 3 is 2.67 bits per heavy atom. The first-order chi connectivity index (χ1) is 13.0. The fraction of sp³-hybridized carbons (Fsp3) is 0.105. The smallest absolute Gasteiger partial charge is 0.338 e. The fourth-order valence-corrected chi connectivity index (χ4v) is 3.14. The Balaban J connectivity index is 1.55. The van der Waals surface area contributed by atoms with E-state index in [1.807, 2.05) is 29.6 Å². The molecule has 0 saturated carbocycles. The molecule has 0 aliphatic heterocycles. The van der Waals surface area contributed by atoms with Gasteiger partial charge in [-0.25, -0.2) is 9.78 Å². The van der Waals surface area contributed by atoms with E-state index in [4.69, 9.17) is 21.1 Å². The second-order valence-corrected chi connectivity index (χ2v) is 6.70. The second kappa shape index (κ2) is 8.66. The Hall–Kier alpha value is -2.90. The van der Waals surface area contributed by atoms with Gasteiger partial charge in [0, 0.05) is 16.0 Å². The van der Waals surface area contributed by atoms with Gasteiger partial charge in [-0.1, -0.05) is 17.7 Å². The van der Waals surface area contributed by atoms with Crippen LogP contribution >= 0.6 is 22.9 Å². The molecule has 0 atom stereocenters. The highest BCUT2D eigenvalue weighted by atomic mass is 35.5. The zero-order valence-electron chi connectivity index (χ0n) is 14.3. The molecule has 0 unspecified atom stereocenters. The predicted molar refractivity (Wildman–Crippen MR) is 104 cm³/mol. The lowest BCUT2D eigenvalue weighted by molar-refractivity contribution is -0.119. The summed E-state index contributed by atoms with van der Waals surface area (Å²) in [6.45, 7) is -0.414. The molecule has 27 heavy (non-hydrogen) atoms. The Morgan fingerprint density at radius 2 is 1.96 bits per heavy atom. The predicted octanol–water partition coefficient (Wildman–Crippen LogP) is 4.27. The number of hydrogen-bond donors (Lipinski definition) is 1. The van der Waals surface area contributed by atoms with E-state index in [0.29, 0.717) is 10.2 Å². The molecule has 0 aliphatic carbocycles. The summed E-state index contributed by atoms with van der Waals surface area (Å²) in [6.07, 6.45) is 0. The van der Waals surface area contributed by atoms with Crippen LogP contribution in [0.25, 0.3) is 11.3 Å². The van der Waals surface area contributed by atoms with Crippen molar-refractivity contribution in [2.45, 2.75) is 0 Å². The van der Waals surface area contributed by atoms with E-state index < -0.39 is 18.5 Å². The van der Waals surface area contributed by atoms with Gasteiger partial charge in [0.2, 0.25) is 0 Å². The minimum Gasteiger partial charge on any atom is -0.497 e. The summed E-state index contributed by atoms with van der Waals surface area (Å²) in [7, 11) is 1.60. The van der Waals surface area contributed by atoms with Crippen molar-refractivity contribution in [3.05, 3.63) is 64.5 Å². The van der Waals surface area contributed by atoms with Crippen LogP contribution in [-0.4, -0.2) is 30.6 Å². The molecular weight excluding hydrogens is 388 g/mol. The molecule has 0 fully saturated rings. The van der Waals surface area contributed by atoms with Crippen LogP contribution in [0.1, 0.15) is 10.4 Å². The van der Waals surface area contributed by atoms with Gasteiger partial charge in [0.25, 0.3) is 5.91 Å². The van der Waals surface area contributed by atoms with Gasteiger partial charge >= 0.3 is 5.97 Å². The molecule has 0 spiro atoms. The highest BCUT2D eigenvalue weighted by Crippen LogP contribution is 2.26. The Kier molecular flexibility index (Phi) is 6.05. The molecule has 0 saturated heterocycles. The summed E-state index contributed by atoms with van der Waals surface area (Å²) in [5.41, 5.74) is 1.92. The number of anilines is 1. The van der Waals surface area contributed by atoms with Crippen molar-refractivity contribution in [2.75, 3.05) is 19.0 Å². The number of halogens is 1. The van der Waals surface area contributed by atoms with Gasteiger partial charge in [-0.3, -0.25) is 10.1 Å². The standard InChI is InChI=1S/C19H15ClN2O4S/c1-25-15-7-5-12(6-8-15)16-11-27-19(21-16)22-17(23)10-26-18(24)13-3-2-4-14(20)9-13/h2-9,11H,10H2,1H3,(H,21,22,23). The van der Waals surface area contributed by atoms with E-state index in [1.165, 1.54) is 17.4 Å². The quantitative estimate of drug-likeness (QED) is 0.623. The fourth-order valence-electron chi connectivity index (χ4n) is 2.21. The summed E-state index contributed by atoms with van der Waals surface area (Å²) < 4.78 is 10.1. The zero-order valence-corrected chi connectivity index (χ0v) is 15.8. The van der Waals surface area contributed by atoms with Crippen LogP contribution in [0, 0.1) is 0 Å². The van der Waals surface area contributed by atoms with Crippen molar-refractivity contribution in [1.82, 2.24) is 4.98 Å². The number of thiazole rings is 1. The third-order valence-electron chi connectivity index (χ3n) is 3.53. The summed E-state index contributed by atoms with van der Waals surface area (Å²) in [4.78, 5) is 28.3. The van der Waals surface area contributed by atoms with Crippen molar-refractivity contribution in [2.24, 2.45) is 0 Å². The topological polar surface area (TPSA) is 77.5 Å². The van der Waals surface area contributed by atoms with Crippen LogP contribution < -0.4 is 10.1 Å². The van der Waals surface area contributed by atoms with Crippen LogP contribution in [0.3, 0.4) is 0 Å². The van der Waals surface area contributed by atoms with Crippen LogP contribution in [-0.2, 0) is 9.53 Å². The Labute approximate surface area is 164 Å². The Bertz CT molecular complexity index is 956. The van der Waals surface area contributed by atoms with Crippen molar-refractivity contribution in [3.63, 3.8) is 0 Å². The van der Waals surface area contributed by atoms with Gasteiger partial charge in [-0.15, -0.1) is 11.3 Å².